The molecule has 10 nitrogen and oxygen atoms in total. The smallest absolute Gasteiger partial charge is 0.410 e. The third kappa shape index (κ3) is 5.17. The van der Waals surface area contributed by atoms with Crippen molar-refractivity contribution in [2.45, 2.75) is 65.5 Å². The van der Waals surface area contributed by atoms with Gasteiger partial charge >= 0.3 is 12.1 Å². The third-order valence-electron chi connectivity index (χ3n) is 6.33. The first-order chi connectivity index (χ1) is 16.5. The number of carboxylic acid groups (broad SMARTS) is 1. The Labute approximate surface area is 204 Å². The summed E-state index contributed by atoms with van der Waals surface area (Å²) < 4.78 is 13.1. The molecule has 2 amide bonds. The number of anilines is 1. The zero-order valence-electron chi connectivity index (χ0n) is 20.6. The lowest BCUT2D eigenvalue weighted by atomic mass is 9.88. The maximum Gasteiger partial charge on any atom is 0.410 e. The fourth-order valence-corrected chi connectivity index (χ4v) is 4.47. The molecule has 2 aromatic rings. The summed E-state index contributed by atoms with van der Waals surface area (Å²) in [6.45, 7) is 8.13. The lowest BCUT2D eigenvalue weighted by Gasteiger charge is -2.36. The highest BCUT2D eigenvalue weighted by molar-refractivity contribution is 6.01. The molecular weight excluding hydrogens is 452 g/mol. The number of carbonyl (C=O) groups excluding carboxylic acids is 2. The summed E-state index contributed by atoms with van der Waals surface area (Å²) in [4.78, 5) is 41.2. The van der Waals surface area contributed by atoms with Gasteiger partial charge in [0.1, 0.15) is 11.0 Å². The number of benzene rings is 1. The van der Waals surface area contributed by atoms with Crippen LogP contribution in [0.3, 0.4) is 0 Å². The molecule has 3 heterocycles. The van der Waals surface area contributed by atoms with Gasteiger partial charge in [0.05, 0.1) is 49.9 Å². The molecule has 1 saturated heterocycles. The van der Waals surface area contributed by atoms with Crippen LogP contribution < -0.4 is 4.90 Å². The van der Waals surface area contributed by atoms with E-state index < -0.39 is 23.1 Å². The Morgan fingerprint density at radius 2 is 1.94 bits per heavy atom. The van der Waals surface area contributed by atoms with Gasteiger partial charge in [0.25, 0.3) is 0 Å². The number of carboxylic acids is 1. The molecule has 0 bridgehead atoms. The van der Waals surface area contributed by atoms with Gasteiger partial charge in [-0.3, -0.25) is 19.2 Å². The van der Waals surface area contributed by atoms with Gasteiger partial charge < -0.3 is 19.5 Å². The van der Waals surface area contributed by atoms with E-state index in [9.17, 15) is 19.5 Å². The van der Waals surface area contributed by atoms with E-state index in [2.05, 4.69) is 5.10 Å². The number of hydrogen-bond acceptors (Lipinski definition) is 6. The molecular formula is C25H32N4O6. The minimum absolute atomic E-state index is 0.0311. The number of hydrogen-bond donors (Lipinski definition) is 1. The Bertz CT molecular complexity index is 1110. The van der Waals surface area contributed by atoms with Crippen LogP contribution in [0.25, 0.3) is 0 Å². The molecule has 2 unspecified atom stereocenters. The van der Waals surface area contributed by atoms with Crippen molar-refractivity contribution in [3.05, 3.63) is 47.8 Å². The van der Waals surface area contributed by atoms with Crippen LogP contribution in [0.2, 0.25) is 0 Å². The molecule has 0 aliphatic carbocycles. The average molecular weight is 485 g/mol. The van der Waals surface area contributed by atoms with Crippen molar-refractivity contribution in [3.63, 3.8) is 0 Å². The SMILES string of the molecule is CC1Cn2ncc(N3CC(COCc4ccccc4)(C(=O)O)CC3=O)c2CN1C(=O)OC(C)(C)C. The van der Waals surface area contributed by atoms with Crippen LogP contribution in [0.4, 0.5) is 10.5 Å². The minimum Gasteiger partial charge on any atom is -0.481 e. The fourth-order valence-electron chi connectivity index (χ4n) is 4.47. The summed E-state index contributed by atoms with van der Waals surface area (Å²) in [7, 11) is 0. The molecule has 2 aliphatic rings. The largest absolute Gasteiger partial charge is 0.481 e. The number of aromatic nitrogens is 2. The number of rotatable bonds is 6. The Hall–Kier alpha value is -3.40. The van der Waals surface area contributed by atoms with Gasteiger partial charge in [-0.15, -0.1) is 0 Å². The molecule has 0 radical (unpaired) electrons. The lowest BCUT2D eigenvalue weighted by Crippen LogP contribution is -2.47. The van der Waals surface area contributed by atoms with Crippen LogP contribution in [-0.2, 0) is 38.8 Å². The second-order valence-corrected chi connectivity index (χ2v) is 10.3. The van der Waals surface area contributed by atoms with E-state index in [1.54, 1.807) is 15.8 Å². The Morgan fingerprint density at radius 1 is 1.23 bits per heavy atom. The van der Waals surface area contributed by atoms with Gasteiger partial charge in [-0.1, -0.05) is 30.3 Å². The molecule has 10 heteroatoms. The average Bonchev–Trinajstić information content (AvgIpc) is 3.33. The van der Waals surface area contributed by atoms with Crippen molar-refractivity contribution in [1.82, 2.24) is 14.7 Å². The maximum atomic E-state index is 13.0. The first-order valence-electron chi connectivity index (χ1n) is 11.7. The van der Waals surface area contributed by atoms with Crippen molar-refractivity contribution in [3.8, 4) is 0 Å². The van der Waals surface area contributed by atoms with Gasteiger partial charge in [0.2, 0.25) is 5.91 Å². The zero-order chi connectivity index (χ0) is 25.4. The summed E-state index contributed by atoms with van der Waals surface area (Å²) in [6, 6.07) is 9.32. The van der Waals surface area contributed by atoms with Crippen LogP contribution in [-0.4, -0.2) is 62.6 Å². The summed E-state index contributed by atoms with van der Waals surface area (Å²) in [5, 5.41) is 14.5. The quantitative estimate of drug-likeness (QED) is 0.670. The molecule has 0 saturated carbocycles. The first-order valence-corrected chi connectivity index (χ1v) is 11.7. The van der Waals surface area contributed by atoms with Crippen LogP contribution >= 0.6 is 0 Å². The molecule has 1 aromatic carbocycles. The number of aliphatic carboxylic acids is 1. The summed E-state index contributed by atoms with van der Waals surface area (Å²) in [5.74, 6) is -1.39. The number of carbonyl (C=O) groups is 3. The number of fused-ring (bicyclic) bond motifs is 1. The Kier molecular flexibility index (Phi) is 6.59. The monoisotopic (exact) mass is 484 g/mol. The third-order valence-corrected chi connectivity index (χ3v) is 6.33. The van der Waals surface area contributed by atoms with Crippen molar-refractivity contribution in [1.29, 1.82) is 0 Å². The molecule has 2 aliphatic heterocycles. The second kappa shape index (κ2) is 9.33. The molecule has 1 aromatic heterocycles. The van der Waals surface area contributed by atoms with E-state index in [1.807, 2.05) is 58.0 Å². The highest BCUT2D eigenvalue weighted by Gasteiger charge is 2.51. The van der Waals surface area contributed by atoms with E-state index in [-0.39, 0.29) is 44.7 Å². The highest BCUT2D eigenvalue weighted by Crippen LogP contribution is 2.38. The van der Waals surface area contributed by atoms with Crippen LogP contribution in [0.15, 0.2) is 36.5 Å². The van der Waals surface area contributed by atoms with Crippen LogP contribution in [0, 0.1) is 5.41 Å². The Balaban J connectivity index is 1.52. The normalized spacial score (nSPS) is 22.3. The van der Waals surface area contributed by atoms with Crippen LogP contribution in [0.1, 0.15) is 45.4 Å². The van der Waals surface area contributed by atoms with Crippen molar-refractivity contribution < 1.29 is 29.0 Å². The molecule has 35 heavy (non-hydrogen) atoms. The fraction of sp³-hybridized carbons (Fsp3) is 0.520. The van der Waals surface area contributed by atoms with E-state index in [0.717, 1.165) is 5.56 Å². The highest BCUT2D eigenvalue weighted by atomic mass is 16.6. The van der Waals surface area contributed by atoms with Crippen molar-refractivity contribution in [2.75, 3.05) is 18.1 Å². The standard InChI is InChI=1S/C25H32N4O6/c1-17-12-29-20(13-27(17)23(33)35-24(2,3)4)19(11-26-29)28-15-25(22(31)32,10-21(28)30)16-34-14-18-8-6-5-7-9-18/h5-9,11,17H,10,12-16H2,1-4H3,(H,31,32). The van der Waals surface area contributed by atoms with E-state index in [4.69, 9.17) is 9.47 Å². The summed E-state index contributed by atoms with van der Waals surface area (Å²) in [5.41, 5.74) is 0.114. The van der Waals surface area contributed by atoms with Crippen molar-refractivity contribution in [2.24, 2.45) is 5.41 Å². The predicted octanol–water partition coefficient (Wildman–Crippen LogP) is 3.05. The topological polar surface area (TPSA) is 114 Å². The predicted molar refractivity (Wildman–Crippen MR) is 127 cm³/mol. The number of nitrogens with zero attached hydrogens (tertiary/aromatic N) is 4. The zero-order valence-corrected chi connectivity index (χ0v) is 20.6. The number of amides is 2. The first kappa shape index (κ1) is 24.7. The van der Waals surface area contributed by atoms with E-state index >= 15 is 0 Å². The van der Waals surface area contributed by atoms with Gasteiger partial charge in [-0.2, -0.15) is 5.10 Å². The molecule has 0 spiro atoms. The van der Waals surface area contributed by atoms with Crippen molar-refractivity contribution >= 4 is 23.7 Å². The Morgan fingerprint density at radius 3 is 2.60 bits per heavy atom. The molecule has 1 N–H and O–H groups in total. The van der Waals surface area contributed by atoms with Crippen LogP contribution in [0.5, 0.6) is 0 Å². The molecule has 2 atom stereocenters. The summed E-state index contributed by atoms with van der Waals surface area (Å²) >= 11 is 0. The van der Waals surface area contributed by atoms with Gasteiger partial charge in [-0.05, 0) is 33.3 Å². The van der Waals surface area contributed by atoms with E-state index in [1.165, 1.54) is 4.90 Å². The minimum atomic E-state index is -1.37. The van der Waals surface area contributed by atoms with Gasteiger partial charge in [0.15, 0.2) is 0 Å². The van der Waals surface area contributed by atoms with E-state index in [0.29, 0.717) is 17.9 Å². The lowest BCUT2D eigenvalue weighted by molar-refractivity contribution is -0.152. The van der Waals surface area contributed by atoms with Gasteiger partial charge in [-0.25, -0.2) is 4.79 Å². The summed E-state index contributed by atoms with van der Waals surface area (Å²) in [6.07, 6.45) is 0.959. The molecule has 1 fully saturated rings. The van der Waals surface area contributed by atoms with Gasteiger partial charge in [0, 0.05) is 13.0 Å². The molecule has 188 valence electrons. The second-order valence-electron chi connectivity index (χ2n) is 10.3. The molecule has 4 rings (SSSR count). The maximum absolute atomic E-state index is 13.0. The number of ether oxygens (including phenoxy) is 2.